The van der Waals surface area contributed by atoms with Crippen LogP contribution in [0.4, 0.5) is 4.39 Å². The molecule has 0 aliphatic carbocycles. The van der Waals surface area contributed by atoms with Gasteiger partial charge in [0.25, 0.3) is 0 Å². The van der Waals surface area contributed by atoms with Crippen LogP contribution in [-0.4, -0.2) is 13.2 Å². The molecule has 1 aliphatic heterocycles. The maximum Gasteiger partial charge on any atom is 0.178 e. The first-order chi connectivity index (χ1) is 7.11. The van der Waals surface area contributed by atoms with Crippen molar-refractivity contribution < 1.29 is 13.9 Å². The molecule has 0 fully saturated rings. The number of halogens is 2. The second-order valence-corrected chi connectivity index (χ2v) is 4.20. The van der Waals surface area contributed by atoms with E-state index in [1.807, 2.05) is 0 Å². The summed E-state index contributed by atoms with van der Waals surface area (Å²) in [6.07, 6.45) is 0. The Morgan fingerprint density at radius 3 is 2.80 bits per heavy atom. The first kappa shape index (κ1) is 10.7. The third-order valence-electron chi connectivity index (χ3n) is 2.23. The van der Waals surface area contributed by atoms with Crippen LogP contribution in [-0.2, 0) is 0 Å². The number of hydrogen-bond acceptors (Lipinski definition) is 3. The van der Waals surface area contributed by atoms with Crippen LogP contribution in [0.15, 0.2) is 10.5 Å². The highest BCUT2D eigenvalue weighted by Crippen LogP contribution is 2.41. The summed E-state index contributed by atoms with van der Waals surface area (Å²) in [5.41, 5.74) is 6.08. The predicted molar refractivity (Wildman–Crippen MR) is 57.7 cm³/mol. The van der Waals surface area contributed by atoms with Crippen molar-refractivity contribution in [3.05, 3.63) is 21.9 Å². The van der Waals surface area contributed by atoms with E-state index in [2.05, 4.69) is 15.9 Å². The van der Waals surface area contributed by atoms with Gasteiger partial charge in [0.1, 0.15) is 19.0 Å². The summed E-state index contributed by atoms with van der Waals surface area (Å²) in [5.74, 6) is 0.583. The van der Waals surface area contributed by atoms with E-state index in [9.17, 15) is 4.39 Å². The fraction of sp³-hybridized carbons (Fsp3) is 0.400. The van der Waals surface area contributed by atoms with Gasteiger partial charge in [0.15, 0.2) is 11.5 Å². The SMILES string of the molecule is CC(N)c1cc2c(c(Br)c1F)OCCO2. The second-order valence-electron chi connectivity index (χ2n) is 3.41. The summed E-state index contributed by atoms with van der Waals surface area (Å²) in [6, 6.07) is 1.22. The molecular formula is C10H11BrFNO2. The van der Waals surface area contributed by atoms with E-state index in [1.165, 1.54) is 0 Å². The fourth-order valence-electron chi connectivity index (χ4n) is 1.47. The van der Waals surface area contributed by atoms with Gasteiger partial charge in [0.05, 0.1) is 4.47 Å². The molecule has 1 aromatic carbocycles. The molecule has 1 unspecified atom stereocenters. The molecule has 0 spiro atoms. The maximum atomic E-state index is 13.8. The third kappa shape index (κ3) is 1.81. The molecule has 1 aromatic rings. The Balaban J connectivity index is 2.57. The van der Waals surface area contributed by atoms with Crippen LogP contribution in [0.25, 0.3) is 0 Å². The molecule has 0 saturated carbocycles. The van der Waals surface area contributed by atoms with Gasteiger partial charge in [-0.2, -0.15) is 0 Å². The van der Waals surface area contributed by atoms with Crippen LogP contribution in [0.5, 0.6) is 11.5 Å². The smallest absolute Gasteiger partial charge is 0.178 e. The lowest BCUT2D eigenvalue weighted by molar-refractivity contribution is 0.169. The van der Waals surface area contributed by atoms with Gasteiger partial charge in [0.2, 0.25) is 0 Å². The number of ether oxygens (including phenoxy) is 2. The van der Waals surface area contributed by atoms with Crippen LogP contribution < -0.4 is 15.2 Å². The Morgan fingerprint density at radius 1 is 1.47 bits per heavy atom. The van der Waals surface area contributed by atoms with Gasteiger partial charge in [-0.15, -0.1) is 0 Å². The highest BCUT2D eigenvalue weighted by atomic mass is 79.9. The summed E-state index contributed by atoms with van der Waals surface area (Å²) in [5, 5.41) is 0. The normalized spacial score (nSPS) is 16.3. The summed E-state index contributed by atoms with van der Waals surface area (Å²) < 4.78 is 24.8. The van der Waals surface area contributed by atoms with Crippen molar-refractivity contribution in [3.8, 4) is 11.5 Å². The first-order valence-corrected chi connectivity index (χ1v) is 5.43. The molecule has 0 amide bonds. The van der Waals surface area contributed by atoms with Crippen molar-refractivity contribution in [2.75, 3.05) is 13.2 Å². The van der Waals surface area contributed by atoms with E-state index in [0.29, 0.717) is 30.3 Å². The molecule has 82 valence electrons. The van der Waals surface area contributed by atoms with Crippen LogP contribution in [0.3, 0.4) is 0 Å². The Labute approximate surface area is 95.5 Å². The lowest BCUT2D eigenvalue weighted by Crippen LogP contribution is -2.18. The van der Waals surface area contributed by atoms with E-state index in [4.69, 9.17) is 15.2 Å². The Kier molecular flexibility index (Phi) is 2.84. The number of hydrogen-bond donors (Lipinski definition) is 1. The minimum atomic E-state index is -0.380. The quantitative estimate of drug-likeness (QED) is 0.856. The van der Waals surface area contributed by atoms with Gasteiger partial charge >= 0.3 is 0 Å². The average molecular weight is 276 g/mol. The summed E-state index contributed by atoms with van der Waals surface area (Å²) in [7, 11) is 0. The van der Waals surface area contributed by atoms with E-state index in [0.717, 1.165) is 0 Å². The molecule has 0 radical (unpaired) electrons. The summed E-state index contributed by atoms with van der Waals surface area (Å²) >= 11 is 3.15. The highest BCUT2D eigenvalue weighted by Gasteiger charge is 2.22. The van der Waals surface area contributed by atoms with Crippen LogP contribution >= 0.6 is 15.9 Å². The topological polar surface area (TPSA) is 44.5 Å². The van der Waals surface area contributed by atoms with E-state index in [1.54, 1.807) is 13.0 Å². The Hall–Kier alpha value is -0.810. The molecule has 0 saturated heterocycles. The fourth-order valence-corrected chi connectivity index (χ4v) is 2.01. The minimum absolute atomic E-state index is 0.284. The molecule has 0 aromatic heterocycles. The van der Waals surface area contributed by atoms with Crippen molar-refractivity contribution in [2.24, 2.45) is 5.73 Å². The molecule has 0 bridgehead atoms. The van der Waals surface area contributed by atoms with Crippen molar-refractivity contribution in [2.45, 2.75) is 13.0 Å². The molecule has 3 nitrogen and oxygen atoms in total. The van der Waals surface area contributed by atoms with Crippen molar-refractivity contribution >= 4 is 15.9 Å². The largest absolute Gasteiger partial charge is 0.486 e. The zero-order chi connectivity index (χ0) is 11.0. The number of fused-ring (bicyclic) bond motifs is 1. The predicted octanol–water partition coefficient (Wildman–Crippen LogP) is 2.38. The van der Waals surface area contributed by atoms with Gasteiger partial charge in [0, 0.05) is 11.6 Å². The van der Waals surface area contributed by atoms with Crippen molar-refractivity contribution in [1.82, 2.24) is 0 Å². The zero-order valence-corrected chi connectivity index (χ0v) is 9.80. The van der Waals surface area contributed by atoms with Crippen LogP contribution in [0.2, 0.25) is 0 Å². The van der Waals surface area contributed by atoms with Gasteiger partial charge in [-0.3, -0.25) is 0 Å². The highest BCUT2D eigenvalue weighted by molar-refractivity contribution is 9.10. The lowest BCUT2D eigenvalue weighted by Gasteiger charge is -2.21. The molecule has 15 heavy (non-hydrogen) atoms. The average Bonchev–Trinajstić information content (AvgIpc) is 2.23. The molecule has 1 aliphatic rings. The zero-order valence-electron chi connectivity index (χ0n) is 8.22. The third-order valence-corrected chi connectivity index (χ3v) is 2.94. The van der Waals surface area contributed by atoms with Gasteiger partial charge in [-0.05, 0) is 28.9 Å². The molecule has 1 heterocycles. The summed E-state index contributed by atoms with van der Waals surface area (Å²) in [4.78, 5) is 0. The van der Waals surface area contributed by atoms with Gasteiger partial charge < -0.3 is 15.2 Å². The molecule has 2 rings (SSSR count). The number of rotatable bonds is 1. The van der Waals surface area contributed by atoms with Crippen molar-refractivity contribution in [1.29, 1.82) is 0 Å². The Morgan fingerprint density at radius 2 is 2.13 bits per heavy atom. The molecular weight excluding hydrogens is 265 g/mol. The van der Waals surface area contributed by atoms with Gasteiger partial charge in [-0.25, -0.2) is 4.39 Å². The lowest BCUT2D eigenvalue weighted by atomic mass is 10.1. The summed E-state index contributed by atoms with van der Waals surface area (Å²) in [6.45, 7) is 2.63. The number of nitrogens with two attached hydrogens (primary N) is 1. The van der Waals surface area contributed by atoms with Crippen molar-refractivity contribution in [3.63, 3.8) is 0 Å². The molecule has 1 atom stereocenters. The number of benzene rings is 1. The van der Waals surface area contributed by atoms with Crippen LogP contribution in [0, 0.1) is 5.82 Å². The second kappa shape index (κ2) is 3.98. The van der Waals surface area contributed by atoms with E-state index < -0.39 is 0 Å². The minimum Gasteiger partial charge on any atom is -0.486 e. The van der Waals surface area contributed by atoms with E-state index in [-0.39, 0.29) is 16.3 Å². The monoisotopic (exact) mass is 275 g/mol. The maximum absolute atomic E-state index is 13.8. The molecule has 2 N–H and O–H groups in total. The first-order valence-electron chi connectivity index (χ1n) is 4.64. The van der Waals surface area contributed by atoms with Crippen LogP contribution in [0.1, 0.15) is 18.5 Å². The van der Waals surface area contributed by atoms with Gasteiger partial charge in [-0.1, -0.05) is 0 Å². The standard InChI is InChI=1S/C10H11BrFNO2/c1-5(13)6-4-7-10(8(11)9(6)12)15-3-2-14-7/h4-5H,2-3,13H2,1H3. The molecule has 5 heteroatoms. The van der Waals surface area contributed by atoms with E-state index >= 15 is 0 Å². The Bertz CT molecular complexity index is 395.